The predicted octanol–water partition coefficient (Wildman–Crippen LogP) is 6.34. The molecule has 0 heteroatoms. The minimum atomic E-state index is 0.314. The molecule has 1 fully saturated rings. The molecule has 136 valence electrons. The van der Waals surface area contributed by atoms with Gasteiger partial charge in [0.2, 0.25) is 0 Å². The fourth-order valence-corrected chi connectivity index (χ4v) is 10.7. The number of benzene rings is 1. The highest BCUT2D eigenvalue weighted by Gasteiger charge is 2.71. The molecule has 0 radical (unpaired) electrons. The molecule has 0 saturated heterocycles. The van der Waals surface area contributed by atoms with Gasteiger partial charge in [-0.15, -0.1) is 0 Å². The predicted molar refractivity (Wildman–Crippen MR) is 117 cm³/mol. The van der Waals surface area contributed by atoms with E-state index in [1.54, 1.807) is 54.9 Å². The normalized spacial score (nSPS) is 39.9. The molecule has 4 atom stereocenters. The third-order valence-corrected chi connectivity index (χ3v) is 11.1. The molecule has 0 bridgehead atoms. The summed E-state index contributed by atoms with van der Waals surface area (Å²) in [6.45, 7) is 0. The average Bonchev–Trinajstić information content (AvgIpc) is 3.46. The summed E-state index contributed by atoms with van der Waals surface area (Å²) >= 11 is 0. The lowest BCUT2D eigenvalue weighted by Gasteiger charge is -2.53. The molecule has 8 aliphatic carbocycles. The van der Waals surface area contributed by atoms with E-state index in [2.05, 4.69) is 24.3 Å². The van der Waals surface area contributed by atoms with Crippen LogP contribution in [-0.4, -0.2) is 0 Å². The van der Waals surface area contributed by atoms with Crippen LogP contribution in [0.4, 0.5) is 0 Å². The van der Waals surface area contributed by atoms with E-state index in [1.165, 1.54) is 44.9 Å². The van der Waals surface area contributed by atoms with Crippen LogP contribution < -0.4 is 0 Å². The number of hydrogen-bond acceptors (Lipinski definition) is 0. The molecule has 0 aromatic heterocycles. The number of allylic oxidation sites excluding steroid dienone is 8. The second-order valence-corrected chi connectivity index (χ2v) is 11.3. The Morgan fingerprint density at radius 2 is 1.14 bits per heavy atom. The molecule has 29 heavy (non-hydrogen) atoms. The Morgan fingerprint density at radius 1 is 0.621 bits per heavy atom. The van der Waals surface area contributed by atoms with Crippen molar-refractivity contribution in [3.8, 4) is 0 Å². The molecule has 0 aliphatic heterocycles. The Bertz CT molecular complexity index is 1460. The molecule has 0 nitrogen and oxygen atoms in total. The van der Waals surface area contributed by atoms with E-state index in [0.29, 0.717) is 10.8 Å². The third-order valence-electron chi connectivity index (χ3n) is 11.1. The SMILES string of the molecule is C1=C2CCCC3=CC[C@@]45C6=CCc7c6c6c4c4c8c9c(c8c76)CC=C9[C@]4(C1)C2C35. The molecule has 2 unspecified atom stereocenters. The van der Waals surface area contributed by atoms with Gasteiger partial charge in [-0.25, -0.2) is 0 Å². The van der Waals surface area contributed by atoms with E-state index < -0.39 is 0 Å². The summed E-state index contributed by atoms with van der Waals surface area (Å²) in [5.74, 6) is 1.50. The van der Waals surface area contributed by atoms with Crippen LogP contribution >= 0.6 is 0 Å². The molecule has 0 N–H and O–H groups in total. The zero-order valence-corrected chi connectivity index (χ0v) is 16.4. The smallest absolute Gasteiger partial charge is 0.0321 e. The van der Waals surface area contributed by atoms with Crippen molar-refractivity contribution in [1.29, 1.82) is 0 Å². The molecule has 3 aromatic rings. The fourth-order valence-electron chi connectivity index (χ4n) is 10.7. The Morgan fingerprint density at radius 3 is 1.66 bits per heavy atom. The summed E-state index contributed by atoms with van der Waals surface area (Å²) in [5, 5.41) is 6.99. The van der Waals surface area contributed by atoms with Crippen molar-refractivity contribution in [2.75, 3.05) is 0 Å². The van der Waals surface area contributed by atoms with Crippen LogP contribution in [0.15, 0.2) is 35.5 Å². The van der Waals surface area contributed by atoms with Gasteiger partial charge in [0.25, 0.3) is 0 Å². The maximum atomic E-state index is 2.73. The Hall–Kier alpha value is -2.34. The van der Waals surface area contributed by atoms with Gasteiger partial charge < -0.3 is 0 Å². The van der Waals surface area contributed by atoms with Crippen LogP contribution in [0.3, 0.4) is 0 Å². The number of rotatable bonds is 0. The van der Waals surface area contributed by atoms with E-state index >= 15 is 0 Å². The van der Waals surface area contributed by atoms with Crippen molar-refractivity contribution in [1.82, 2.24) is 0 Å². The fraction of sp³-hybridized carbons (Fsp3) is 0.379. The number of hydrogen-bond donors (Lipinski definition) is 0. The first-order valence-corrected chi connectivity index (χ1v) is 11.9. The maximum Gasteiger partial charge on any atom is 0.0321 e. The van der Waals surface area contributed by atoms with Gasteiger partial charge in [-0.05, 0) is 111 Å². The summed E-state index contributed by atoms with van der Waals surface area (Å²) in [6, 6.07) is 0. The first-order valence-electron chi connectivity index (χ1n) is 11.9. The van der Waals surface area contributed by atoms with Crippen LogP contribution in [0.1, 0.15) is 65.5 Å². The van der Waals surface area contributed by atoms with Gasteiger partial charge in [-0.3, -0.25) is 0 Å². The minimum Gasteiger partial charge on any atom is -0.0837 e. The van der Waals surface area contributed by atoms with E-state index in [0.717, 1.165) is 11.8 Å². The van der Waals surface area contributed by atoms with Gasteiger partial charge in [-0.1, -0.05) is 35.5 Å². The van der Waals surface area contributed by atoms with Gasteiger partial charge in [0.15, 0.2) is 0 Å². The molecular formula is C29H20. The van der Waals surface area contributed by atoms with Crippen LogP contribution in [-0.2, 0) is 23.7 Å². The van der Waals surface area contributed by atoms with E-state index in [9.17, 15) is 0 Å². The average molecular weight is 368 g/mol. The standard InChI is InChI=1S/C29H20/c1-2-12-8-10-28-16-6-4-14-18(16)22-20(14)21-15-5-7-17-19(15)23(21)27(26(22)28)29(17)11-9-13(3-1)25(29)24(12)28/h6-9,24-25H,1-5,10-11H2/t24?,25?,28-,29+. The van der Waals surface area contributed by atoms with Crippen molar-refractivity contribution in [3.05, 3.63) is 68.8 Å². The molecular weight excluding hydrogens is 348 g/mol. The summed E-state index contributed by atoms with van der Waals surface area (Å²) in [6.07, 6.45) is 19.9. The van der Waals surface area contributed by atoms with Crippen molar-refractivity contribution in [2.24, 2.45) is 11.8 Å². The zero-order valence-electron chi connectivity index (χ0n) is 16.4. The number of fused-ring (bicyclic) bond motifs is 3. The van der Waals surface area contributed by atoms with Crippen molar-refractivity contribution in [2.45, 2.75) is 55.8 Å². The second-order valence-electron chi connectivity index (χ2n) is 11.3. The van der Waals surface area contributed by atoms with E-state index in [-0.39, 0.29) is 0 Å². The Balaban J connectivity index is 1.47. The van der Waals surface area contributed by atoms with Crippen LogP contribution in [0.25, 0.3) is 32.7 Å². The van der Waals surface area contributed by atoms with Gasteiger partial charge in [0.1, 0.15) is 0 Å². The maximum absolute atomic E-state index is 2.73. The first-order chi connectivity index (χ1) is 14.4. The summed E-state index contributed by atoms with van der Waals surface area (Å²) < 4.78 is 0. The molecule has 0 amide bonds. The molecule has 0 heterocycles. The molecule has 3 aromatic carbocycles. The molecule has 11 rings (SSSR count). The van der Waals surface area contributed by atoms with Crippen molar-refractivity contribution < 1.29 is 0 Å². The summed E-state index contributed by atoms with van der Waals surface area (Å²) in [5.41, 5.74) is 18.6. The van der Waals surface area contributed by atoms with Gasteiger partial charge in [0, 0.05) is 22.7 Å². The Kier molecular flexibility index (Phi) is 1.49. The highest BCUT2D eigenvalue weighted by molar-refractivity contribution is 6.34. The second kappa shape index (κ2) is 3.31. The monoisotopic (exact) mass is 368 g/mol. The quantitative estimate of drug-likeness (QED) is 0.406. The lowest BCUT2D eigenvalue weighted by Crippen LogP contribution is -2.49. The lowest BCUT2D eigenvalue weighted by atomic mass is 9.49. The molecule has 1 saturated carbocycles. The van der Waals surface area contributed by atoms with Crippen molar-refractivity contribution >= 4 is 32.7 Å². The topological polar surface area (TPSA) is 0 Å². The molecule has 2 spiro atoms. The Labute approximate surface area is 169 Å². The van der Waals surface area contributed by atoms with E-state index in [1.807, 2.05) is 22.3 Å². The van der Waals surface area contributed by atoms with Gasteiger partial charge in [0.05, 0.1) is 0 Å². The summed E-state index contributed by atoms with van der Waals surface area (Å²) in [7, 11) is 0. The van der Waals surface area contributed by atoms with Crippen LogP contribution in [0.2, 0.25) is 0 Å². The van der Waals surface area contributed by atoms with Crippen LogP contribution in [0, 0.1) is 11.8 Å². The highest BCUT2D eigenvalue weighted by atomic mass is 14.7. The lowest BCUT2D eigenvalue weighted by molar-refractivity contribution is 0.238. The van der Waals surface area contributed by atoms with Gasteiger partial charge in [-0.2, -0.15) is 0 Å². The zero-order chi connectivity index (χ0) is 18.0. The van der Waals surface area contributed by atoms with E-state index in [4.69, 9.17) is 0 Å². The minimum absolute atomic E-state index is 0.314. The largest absolute Gasteiger partial charge is 0.0837 e. The van der Waals surface area contributed by atoms with Gasteiger partial charge >= 0.3 is 0 Å². The highest BCUT2D eigenvalue weighted by Crippen LogP contribution is 2.81. The first kappa shape index (κ1) is 13.1. The van der Waals surface area contributed by atoms with Crippen molar-refractivity contribution in [3.63, 3.8) is 0 Å². The third kappa shape index (κ3) is 0.854. The summed E-state index contributed by atoms with van der Waals surface area (Å²) in [4.78, 5) is 0. The molecule has 8 aliphatic rings. The van der Waals surface area contributed by atoms with Crippen LogP contribution in [0.5, 0.6) is 0 Å².